The molecule has 21 heavy (non-hydrogen) atoms. The topological polar surface area (TPSA) is 66.4 Å². The van der Waals surface area contributed by atoms with Crippen molar-refractivity contribution in [3.63, 3.8) is 0 Å². The van der Waals surface area contributed by atoms with Crippen LogP contribution in [0.25, 0.3) is 10.8 Å². The van der Waals surface area contributed by atoms with E-state index in [4.69, 9.17) is 0 Å². The molecule has 0 atom stereocenters. The predicted octanol–water partition coefficient (Wildman–Crippen LogP) is 3.83. The number of hydrogen-bond donors (Lipinski definition) is 2. The van der Waals surface area contributed by atoms with E-state index in [1.54, 1.807) is 18.2 Å². The molecule has 1 saturated carbocycles. The van der Waals surface area contributed by atoms with Crippen molar-refractivity contribution in [2.45, 2.75) is 43.0 Å². The van der Waals surface area contributed by atoms with E-state index < -0.39 is 10.1 Å². The molecule has 0 saturated heterocycles. The Morgan fingerprint density at radius 3 is 2.43 bits per heavy atom. The molecule has 2 N–H and O–H groups in total. The fourth-order valence-electron chi connectivity index (χ4n) is 3.10. The van der Waals surface area contributed by atoms with E-state index in [1.165, 1.54) is 6.42 Å². The molecule has 0 bridgehead atoms. The number of benzene rings is 2. The smallest absolute Gasteiger partial charge is 0.297 e. The summed E-state index contributed by atoms with van der Waals surface area (Å²) < 4.78 is 33.3. The number of fused-ring (bicyclic) bond motifs is 1. The molecule has 0 unspecified atom stereocenters. The maximum Gasteiger partial charge on any atom is 0.297 e. The predicted molar refractivity (Wildman–Crippen MR) is 84.3 cm³/mol. The Bertz CT molecular complexity index is 749. The molecule has 112 valence electrons. The van der Waals surface area contributed by atoms with Gasteiger partial charge in [0.15, 0.2) is 0 Å². The molecule has 0 amide bonds. The molecule has 5 heteroatoms. The first-order chi connectivity index (χ1) is 10.1. The van der Waals surface area contributed by atoms with Gasteiger partial charge in [-0.3, -0.25) is 4.55 Å². The standard InChI is InChI=1S/C16H19NO3S/c18-21(19,20)16-14-9-5-4-6-12(14)10-11-15(16)17-13-7-2-1-3-8-13/h4-6,9-11,13,17H,1-3,7-8H2,(H,18,19,20). The fraction of sp³-hybridized carbons (Fsp3) is 0.375. The zero-order valence-electron chi connectivity index (χ0n) is 11.7. The molecule has 2 aromatic rings. The van der Waals surface area contributed by atoms with Gasteiger partial charge in [0, 0.05) is 11.4 Å². The second kappa shape index (κ2) is 5.66. The van der Waals surface area contributed by atoms with Gasteiger partial charge in [-0.1, -0.05) is 49.6 Å². The fourth-order valence-corrected chi connectivity index (χ4v) is 3.97. The second-order valence-corrected chi connectivity index (χ2v) is 6.98. The van der Waals surface area contributed by atoms with Crippen molar-refractivity contribution in [1.29, 1.82) is 0 Å². The molecule has 0 aliphatic heterocycles. The first kappa shape index (κ1) is 14.4. The summed E-state index contributed by atoms with van der Waals surface area (Å²) in [6.07, 6.45) is 5.63. The van der Waals surface area contributed by atoms with Crippen molar-refractivity contribution in [1.82, 2.24) is 0 Å². The van der Waals surface area contributed by atoms with Crippen LogP contribution in [-0.2, 0) is 10.1 Å². The Morgan fingerprint density at radius 2 is 1.71 bits per heavy atom. The van der Waals surface area contributed by atoms with Crippen LogP contribution in [-0.4, -0.2) is 19.0 Å². The third-order valence-corrected chi connectivity index (χ3v) is 5.06. The largest absolute Gasteiger partial charge is 0.381 e. The summed E-state index contributed by atoms with van der Waals surface area (Å²) in [5.41, 5.74) is 0.503. The average Bonchev–Trinajstić information content (AvgIpc) is 2.47. The van der Waals surface area contributed by atoms with Crippen molar-refractivity contribution in [3.05, 3.63) is 36.4 Å². The molecule has 2 aromatic carbocycles. The van der Waals surface area contributed by atoms with Crippen LogP contribution in [0.1, 0.15) is 32.1 Å². The van der Waals surface area contributed by atoms with Gasteiger partial charge in [-0.05, 0) is 24.3 Å². The zero-order valence-corrected chi connectivity index (χ0v) is 12.6. The summed E-state index contributed by atoms with van der Waals surface area (Å²) in [4.78, 5) is -0.00817. The molecule has 1 aliphatic carbocycles. The maximum absolute atomic E-state index is 11.8. The number of anilines is 1. The molecule has 0 spiro atoms. The molecule has 0 radical (unpaired) electrons. The third-order valence-electron chi connectivity index (χ3n) is 4.10. The highest BCUT2D eigenvalue weighted by atomic mass is 32.2. The highest BCUT2D eigenvalue weighted by molar-refractivity contribution is 7.86. The minimum Gasteiger partial charge on any atom is -0.381 e. The minimum absolute atomic E-state index is 0.00817. The summed E-state index contributed by atoms with van der Waals surface area (Å²) >= 11 is 0. The Kier molecular flexibility index (Phi) is 3.87. The molecule has 1 fully saturated rings. The molecule has 3 rings (SSSR count). The van der Waals surface area contributed by atoms with Crippen LogP contribution in [0.2, 0.25) is 0 Å². The molecule has 0 heterocycles. The van der Waals surface area contributed by atoms with E-state index in [1.807, 2.05) is 18.2 Å². The maximum atomic E-state index is 11.8. The minimum atomic E-state index is -4.27. The van der Waals surface area contributed by atoms with Crippen LogP contribution in [0, 0.1) is 0 Å². The van der Waals surface area contributed by atoms with Crippen LogP contribution >= 0.6 is 0 Å². The molecule has 0 aromatic heterocycles. The van der Waals surface area contributed by atoms with E-state index in [0.29, 0.717) is 11.1 Å². The summed E-state index contributed by atoms with van der Waals surface area (Å²) in [6.45, 7) is 0. The van der Waals surface area contributed by atoms with Crippen molar-refractivity contribution in [2.24, 2.45) is 0 Å². The van der Waals surface area contributed by atoms with Crippen LogP contribution in [0.3, 0.4) is 0 Å². The molecule has 1 aliphatic rings. The van der Waals surface area contributed by atoms with Gasteiger partial charge in [0.25, 0.3) is 10.1 Å². The lowest BCUT2D eigenvalue weighted by Crippen LogP contribution is -2.23. The number of nitrogens with one attached hydrogen (secondary N) is 1. The van der Waals surface area contributed by atoms with Crippen LogP contribution in [0.5, 0.6) is 0 Å². The second-order valence-electron chi connectivity index (χ2n) is 5.62. The van der Waals surface area contributed by atoms with Crippen molar-refractivity contribution in [3.8, 4) is 0 Å². The van der Waals surface area contributed by atoms with Gasteiger partial charge < -0.3 is 5.32 Å². The lowest BCUT2D eigenvalue weighted by Gasteiger charge is -2.25. The van der Waals surface area contributed by atoms with Crippen LogP contribution in [0.15, 0.2) is 41.3 Å². The van der Waals surface area contributed by atoms with E-state index in [0.717, 1.165) is 31.1 Å². The summed E-state index contributed by atoms with van der Waals surface area (Å²) in [7, 11) is -4.27. The quantitative estimate of drug-likeness (QED) is 0.846. The van der Waals surface area contributed by atoms with E-state index in [2.05, 4.69) is 5.32 Å². The lowest BCUT2D eigenvalue weighted by atomic mass is 9.95. The Hall–Kier alpha value is -1.59. The van der Waals surface area contributed by atoms with Gasteiger partial charge in [-0.2, -0.15) is 8.42 Å². The van der Waals surface area contributed by atoms with Crippen LogP contribution in [0.4, 0.5) is 5.69 Å². The first-order valence-corrected chi connectivity index (χ1v) is 8.75. The number of rotatable bonds is 3. The Labute approximate surface area is 124 Å². The summed E-state index contributed by atoms with van der Waals surface area (Å²) in [5, 5.41) is 4.67. The first-order valence-electron chi connectivity index (χ1n) is 7.31. The Morgan fingerprint density at radius 1 is 1.00 bits per heavy atom. The van der Waals surface area contributed by atoms with Gasteiger partial charge in [-0.25, -0.2) is 0 Å². The molecule has 4 nitrogen and oxygen atoms in total. The SMILES string of the molecule is O=S(=O)(O)c1c(NC2CCCCC2)ccc2ccccc12. The molecular formula is C16H19NO3S. The van der Waals surface area contributed by atoms with Gasteiger partial charge in [0.1, 0.15) is 4.90 Å². The van der Waals surface area contributed by atoms with Crippen molar-refractivity contribution in [2.75, 3.05) is 5.32 Å². The van der Waals surface area contributed by atoms with Crippen molar-refractivity contribution >= 4 is 26.6 Å². The number of hydrogen-bond acceptors (Lipinski definition) is 3. The highest BCUT2D eigenvalue weighted by Crippen LogP contribution is 2.32. The monoisotopic (exact) mass is 305 g/mol. The zero-order chi connectivity index (χ0) is 14.9. The highest BCUT2D eigenvalue weighted by Gasteiger charge is 2.22. The lowest BCUT2D eigenvalue weighted by molar-refractivity contribution is 0.461. The third kappa shape index (κ3) is 3.04. The van der Waals surface area contributed by atoms with E-state index in [9.17, 15) is 13.0 Å². The summed E-state index contributed by atoms with van der Waals surface area (Å²) in [6, 6.07) is 11.1. The average molecular weight is 305 g/mol. The van der Waals surface area contributed by atoms with Gasteiger partial charge in [-0.15, -0.1) is 0 Å². The normalized spacial score (nSPS) is 17.0. The van der Waals surface area contributed by atoms with Crippen LogP contribution < -0.4 is 5.32 Å². The Balaban J connectivity index is 2.09. The van der Waals surface area contributed by atoms with Crippen molar-refractivity contribution < 1.29 is 13.0 Å². The van der Waals surface area contributed by atoms with Gasteiger partial charge in [0.2, 0.25) is 0 Å². The summed E-state index contributed by atoms with van der Waals surface area (Å²) in [5.74, 6) is 0. The van der Waals surface area contributed by atoms with Gasteiger partial charge in [0.05, 0.1) is 5.69 Å². The molecular weight excluding hydrogens is 286 g/mol. The van der Waals surface area contributed by atoms with Gasteiger partial charge >= 0.3 is 0 Å². The van der Waals surface area contributed by atoms with E-state index in [-0.39, 0.29) is 10.9 Å². The van der Waals surface area contributed by atoms with E-state index >= 15 is 0 Å².